The lowest BCUT2D eigenvalue weighted by atomic mass is 10.0. The molecule has 1 heterocycles. The fourth-order valence-corrected chi connectivity index (χ4v) is 3.55. The summed E-state index contributed by atoms with van der Waals surface area (Å²) in [4.78, 5) is 20.3. The maximum absolute atomic E-state index is 12.5. The van der Waals surface area contributed by atoms with Crippen molar-refractivity contribution in [2.24, 2.45) is 5.92 Å². The molecular weight excluding hydrogens is 369 g/mol. The minimum atomic E-state index is -0.266. The Balaban J connectivity index is 1.65. The maximum atomic E-state index is 12.5. The van der Waals surface area contributed by atoms with Gasteiger partial charge in [-0.3, -0.25) is 4.79 Å². The molecule has 0 saturated heterocycles. The summed E-state index contributed by atoms with van der Waals surface area (Å²) in [6.07, 6.45) is 4.44. The Labute approximate surface area is 160 Å². The summed E-state index contributed by atoms with van der Waals surface area (Å²) >= 11 is 12.5. The monoisotopic (exact) mass is 383 g/mol. The van der Waals surface area contributed by atoms with Gasteiger partial charge in [-0.05, 0) is 36.8 Å². The quantitative estimate of drug-likeness (QED) is 0.725. The van der Waals surface area contributed by atoms with E-state index >= 15 is 0 Å². The van der Waals surface area contributed by atoms with Gasteiger partial charge in [-0.2, -0.15) is 0 Å². The second-order valence-corrected chi connectivity index (χ2v) is 6.86. The van der Waals surface area contributed by atoms with Crippen LogP contribution in [-0.2, 0) is 4.79 Å². The van der Waals surface area contributed by atoms with E-state index in [4.69, 9.17) is 23.2 Å². The lowest BCUT2D eigenvalue weighted by Crippen LogP contribution is -2.33. The average molecular weight is 384 g/mol. The number of para-hydroxylation sites is 1. The van der Waals surface area contributed by atoms with Crippen molar-refractivity contribution >= 4 is 46.9 Å². The zero-order chi connectivity index (χ0) is 18.1. The number of aromatic nitrogens is 2. The lowest BCUT2D eigenvalue weighted by Gasteiger charge is -2.12. The predicted octanol–water partition coefficient (Wildman–Crippen LogP) is 3.60. The molecule has 0 saturated carbocycles. The molecule has 130 valence electrons. The van der Waals surface area contributed by atoms with Crippen LogP contribution in [0.1, 0.15) is 6.42 Å². The van der Waals surface area contributed by atoms with Crippen LogP contribution >= 0.6 is 23.2 Å². The van der Waals surface area contributed by atoms with Crippen LogP contribution in [0.3, 0.4) is 0 Å². The predicted molar refractivity (Wildman–Crippen MR) is 105 cm³/mol. The van der Waals surface area contributed by atoms with Gasteiger partial charge < -0.3 is 10.3 Å². The van der Waals surface area contributed by atoms with E-state index in [-0.39, 0.29) is 11.8 Å². The molecule has 0 spiro atoms. The van der Waals surface area contributed by atoms with Crippen LogP contribution in [0.5, 0.6) is 0 Å². The van der Waals surface area contributed by atoms with Crippen LogP contribution in [0.4, 0.5) is 5.69 Å². The van der Waals surface area contributed by atoms with Crippen molar-refractivity contribution in [3.8, 4) is 11.4 Å². The Morgan fingerprint density at radius 2 is 1.81 bits per heavy atom. The van der Waals surface area contributed by atoms with E-state index in [9.17, 15) is 4.79 Å². The van der Waals surface area contributed by atoms with Gasteiger partial charge in [-0.15, -0.1) is 0 Å². The molecule has 0 bridgehead atoms. The van der Waals surface area contributed by atoms with Crippen LogP contribution in [-0.4, -0.2) is 15.9 Å². The Kier molecular flexibility index (Phi) is 4.53. The number of carbonyl (C=O) groups excluding carboxylic acids is 1. The number of H-pyrrole nitrogens is 1. The Hall–Kier alpha value is -2.56. The SMILES string of the molecule is O=C(Nc1ccccc1)C1C=c2[nH]c(-c3c(Cl)cccc3Cl)nc2=CC1. The smallest absolute Gasteiger partial charge is 0.231 e. The van der Waals surface area contributed by atoms with Crippen LogP contribution in [0.2, 0.25) is 10.0 Å². The van der Waals surface area contributed by atoms with E-state index in [1.807, 2.05) is 42.5 Å². The molecule has 0 aliphatic heterocycles. The molecule has 1 amide bonds. The summed E-state index contributed by atoms with van der Waals surface area (Å²) in [7, 11) is 0. The molecule has 1 aromatic heterocycles. The molecular formula is C20H15Cl2N3O. The number of imidazole rings is 1. The first-order valence-electron chi connectivity index (χ1n) is 8.20. The van der Waals surface area contributed by atoms with Crippen molar-refractivity contribution in [1.29, 1.82) is 0 Å². The van der Waals surface area contributed by atoms with Crippen LogP contribution in [0.15, 0.2) is 48.5 Å². The van der Waals surface area contributed by atoms with Gasteiger partial charge in [0.05, 0.1) is 32.2 Å². The van der Waals surface area contributed by atoms with E-state index in [0.717, 1.165) is 16.4 Å². The third-order valence-corrected chi connectivity index (χ3v) is 4.90. The molecule has 0 radical (unpaired) electrons. The molecule has 26 heavy (non-hydrogen) atoms. The standard InChI is InChI=1S/C20H15Cl2N3O/c21-14-7-4-8-15(22)18(14)19-24-16-10-9-12(11-17(16)25-19)20(26)23-13-5-2-1-3-6-13/h1-8,10-12H,9H2,(H,23,26)(H,24,25). The van der Waals surface area contributed by atoms with Gasteiger partial charge in [0.25, 0.3) is 0 Å². The van der Waals surface area contributed by atoms with Gasteiger partial charge in [-0.25, -0.2) is 4.98 Å². The van der Waals surface area contributed by atoms with Crippen molar-refractivity contribution in [3.05, 3.63) is 69.3 Å². The third kappa shape index (κ3) is 3.26. The number of aromatic amines is 1. The summed E-state index contributed by atoms with van der Waals surface area (Å²) < 4.78 is 0. The van der Waals surface area contributed by atoms with Gasteiger partial charge in [0.1, 0.15) is 5.82 Å². The molecule has 1 atom stereocenters. The van der Waals surface area contributed by atoms with Crippen LogP contribution in [0, 0.1) is 5.92 Å². The Bertz CT molecular complexity index is 1070. The number of hydrogen-bond acceptors (Lipinski definition) is 2. The molecule has 6 heteroatoms. The number of benzene rings is 2. The largest absolute Gasteiger partial charge is 0.338 e. The van der Waals surface area contributed by atoms with Crippen LogP contribution < -0.4 is 16.0 Å². The van der Waals surface area contributed by atoms with Crippen molar-refractivity contribution < 1.29 is 4.79 Å². The van der Waals surface area contributed by atoms with Gasteiger partial charge in [0.2, 0.25) is 5.91 Å². The highest BCUT2D eigenvalue weighted by Gasteiger charge is 2.19. The number of anilines is 1. The number of carbonyl (C=O) groups is 1. The fraction of sp³-hybridized carbons (Fsp3) is 0.100. The van der Waals surface area contributed by atoms with Crippen molar-refractivity contribution in [1.82, 2.24) is 9.97 Å². The van der Waals surface area contributed by atoms with Crippen molar-refractivity contribution in [2.45, 2.75) is 6.42 Å². The summed E-state index contributed by atoms with van der Waals surface area (Å²) in [5.74, 6) is 0.282. The highest BCUT2D eigenvalue weighted by atomic mass is 35.5. The first-order valence-corrected chi connectivity index (χ1v) is 8.96. The van der Waals surface area contributed by atoms with Gasteiger partial charge >= 0.3 is 0 Å². The molecule has 1 aliphatic carbocycles. The number of amides is 1. The molecule has 1 aliphatic rings. The first-order chi connectivity index (χ1) is 12.6. The fourth-order valence-electron chi connectivity index (χ4n) is 2.97. The van der Waals surface area contributed by atoms with Gasteiger partial charge in [0, 0.05) is 5.69 Å². The minimum absolute atomic E-state index is 0.0509. The van der Waals surface area contributed by atoms with E-state index in [2.05, 4.69) is 15.3 Å². The van der Waals surface area contributed by atoms with E-state index in [1.165, 1.54) is 0 Å². The summed E-state index contributed by atoms with van der Waals surface area (Å²) in [5.41, 5.74) is 1.45. The van der Waals surface area contributed by atoms with E-state index in [1.54, 1.807) is 18.2 Å². The Morgan fingerprint density at radius 1 is 1.08 bits per heavy atom. The third-order valence-electron chi connectivity index (χ3n) is 4.27. The van der Waals surface area contributed by atoms with E-state index in [0.29, 0.717) is 27.9 Å². The van der Waals surface area contributed by atoms with Gasteiger partial charge in [0.15, 0.2) is 0 Å². The molecule has 0 fully saturated rings. The number of nitrogens with one attached hydrogen (secondary N) is 2. The summed E-state index contributed by atoms with van der Waals surface area (Å²) in [6.45, 7) is 0. The topological polar surface area (TPSA) is 57.8 Å². The normalized spacial score (nSPS) is 15.5. The first kappa shape index (κ1) is 16.9. The number of fused-ring (bicyclic) bond motifs is 1. The Morgan fingerprint density at radius 3 is 2.54 bits per heavy atom. The lowest BCUT2D eigenvalue weighted by molar-refractivity contribution is -0.118. The molecule has 1 unspecified atom stereocenters. The van der Waals surface area contributed by atoms with Crippen molar-refractivity contribution in [3.63, 3.8) is 0 Å². The number of rotatable bonds is 3. The average Bonchev–Trinajstić information content (AvgIpc) is 3.05. The highest BCUT2D eigenvalue weighted by molar-refractivity contribution is 6.38. The molecule has 4 nitrogen and oxygen atoms in total. The molecule has 2 N–H and O–H groups in total. The maximum Gasteiger partial charge on any atom is 0.231 e. The second kappa shape index (κ2) is 6.98. The minimum Gasteiger partial charge on any atom is -0.338 e. The van der Waals surface area contributed by atoms with Gasteiger partial charge in [-0.1, -0.05) is 53.5 Å². The molecule has 2 aromatic carbocycles. The van der Waals surface area contributed by atoms with E-state index < -0.39 is 0 Å². The number of nitrogens with zero attached hydrogens (tertiary/aromatic N) is 1. The zero-order valence-electron chi connectivity index (χ0n) is 13.7. The second-order valence-electron chi connectivity index (χ2n) is 6.05. The summed E-state index contributed by atoms with van der Waals surface area (Å²) in [6, 6.07) is 14.8. The molecule has 3 aromatic rings. The zero-order valence-corrected chi connectivity index (χ0v) is 15.2. The summed E-state index contributed by atoms with van der Waals surface area (Å²) in [5, 5.41) is 5.60. The number of hydrogen-bond donors (Lipinski definition) is 2. The number of halogens is 2. The molecule has 4 rings (SSSR count). The van der Waals surface area contributed by atoms with Crippen LogP contribution in [0.25, 0.3) is 23.5 Å². The van der Waals surface area contributed by atoms with Crippen molar-refractivity contribution in [2.75, 3.05) is 5.32 Å². The highest BCUT2D eigenvalue weighted by Crippen LogP contribution is 2.31.